The van der Waals surface area contributed by atoms with Gasteiger partial charge >= 0.3 is 0 Å². The highest BCUT2D eigenvalue weighted by Crippen LogP contribution is 2.29. The molecule has 0 saturated heterocycles. The Kier molecular flexibility index (Phi) is 4.66. The molecule has 0 amide bonds. The lowest BCUT2D eigenvalue weighted by Gasteiger charge is -2.09. The van der Waals surface area contributed by atoms with Gasteiger partial charge in [0.25, 0.3) is 0 Å². The molecule has 1 N–H and O–H groups in total. The number of hydrogen-bond acceptors (Lipinski definition) is 4. The van der Waals surface area contributed by atoms with Gasteiger partial charge in [-0.1, -0.05) is 13.0 Å². The molecule has 2 aromatic rings. The maximum atomic E-state index is 4.52. The first kappa shape index (κ1) is 14.2. The van der Waals surface area contributed by atoms with Crippen molar-refractivity contribution in [1.82, 2.24) is 15.3 Å². The van der Waals surface area contributed by atoms with Crippen LogP contribution in [0.4, 0.5) is 0 Å². The van der Waals surface area contributed by atoms with Crippen molar-refractivity contribution in [2.45, 2.75) is 40.2 Å². The number of thiazole rings is 1. The summed E-state index contributed by atoms with van der Waals surface area (Å²) in [6.45, 7) is 9.55. The second kappa shape index (κ2) is 6.26. The molecule has 0 radical (unpaired) electrons. The maximum absolute atomic E-state index is 4.52. The first-order valence-corrected chi connectivity index (χ1v) is 7.56. The molecule has 0 aromatic carbocycles. The van der Waals surface area contributed by atoms with E-state index in [0.717, 1.165) is 23.7 Å². The SMILES string of the molecule is CCCNC(C)c1cnc(-c2ncc(C)cc2C)s1. The fraction of sp³-hybridized carbons (Fsp3) is 0.467. The predicted molar refractivity (Wildman–Crippen MR) is 81.5 cm³/mol. The minimum Gasteiger partial charge on any atom is -0.309 e. The lowest BCUT2D eigenvalue weighted by atomic mass is 10.2. The van der Waals surface area contributed by atoms with Gasteiger partial charge in [-0.15, -0.1) is 11.3 Å². The van der Waals surface area contributed by atoms with Gasteiger partial charge in [-0.2, -0.15) is 0 Å². The molecule has 3 nitrogen and oxygen atoms in total. The zero-order valence-electron chi connectivity index (χ0n) is 12.0. The molecule has 2 heterocycles. The Bertz CT molecular complexity index is 548. The molecule has 4 heteroatoms. The summed E-state index contributed by atoms with van der Waals surface area (Å²) in [5.74, 6) is 0. The van der Waals surface area contributed by atoms with Gasteiger partial charge < -0.3 is 5.32 Å². The molecule has 0 spiro atoms. The summed E-state index contributed by atoms with van der Waals surface area (Å²) in [7, 11) is 0. The summed E-state index contributed by atoms with van der Waals surface area (Å²) >= 11 is 1.73. The van der Waals surface area contributed by atoms with E-state index in [1.54, 1.807) is 11.3 Å². The average molecular weight is 275 g/mol. The number of aryl methyl sites for hydroxylation is 2. The van der Waals surface area contributed by atoms with Crippen LogP contribution in [-0.2, 0) is 0 Å². The third kappa shape index (κ3) is 3.39. The topological polar surface area (TPSA) is 37.8 Å². The number of rotatable bonds is 5. The van der Waals surface area contributed by atoms with Crippen LogP contribution in [-0.4, -0.2) is 16.5 Å². The van der Waals surface area contributed by atoms with Crippen molar-refractivity contribution in [1.29, 1.82) is 0 Å². The molecule has 2 rings (SSSR count). The van der Waals surface area contributed by atoms with E-state index in [1.807, 2.05) is 12.4 Å². The summed E-state index contributed by atoms with van der Waals surface area (Å²) < 4.78 is 0. The van der Waals surface area contributed by atoms with Crippen molar-refractivity contribution in [3.05, 3.63) is 34.5 Å². The number of aromatic nitrogens is 2. The van der Waals surface area contributed by atoms with Crippen molar-refractivity contribution in [2.24, 2.45) is 0 Å². The van der Waals surface area contributed by atoms with Gasteiger partial charge in [-0.25, -0.2) is 4.98 Å². The Morgan fingerprint density at radius 3 is 2.74 bits per heavy atom. The normalized spacial score (nSPS) is 12.6. The summed E-state index contributed by atoms with van der Waals surface area (Å²) in [4.78, 5) is 10.3. The third-order valence-corrected chi connectivity index (χ3v) is 4.26. The Morgan fingerprint density at radius 1 is 1.26 bits per heavy atom. The molecule has 0 saturated carbocycles. The van der Waals surface area contributed by atoms with Crippen LogP contribution in [0.5, 0.6) is 0 Å². The quantitative estimate of drug-likeness (QED) is 0.899. The van der Waals surface area contributed by atoms with E-state index in [4.69, 9.17) is 0 Å². The number of nitrogens with zero attached hydrogens (tertiary/aromatic N) is 2. The van der Waals surface area contributed by atoms with E-state index in [1.165, 1.54) is 16.0 Å². The van der Waals surface area contributed by atoms with E-state index in [9.17, 15) is 0 Å². The van der Waals surface area contributed by atoms with E-state index in [-0.39, 0.29) is 0 Å². The molecule has 0 aliphatic rings. The van der Waals surface area contributed by atoms with Crippen molar-refractivity contribution < 1.29 is 0 Å². The third-order valence-electron chi connectivity index (χ3n) is 3.07. The van der Waals surface area contributed by atoms with Crippen molar-refractivity contribution in [2.75, 3.05) is 6.54 Å². The Hall–Kier alpha value is -1.26. The Morgan fingerprint density at radius 2 is 2.05 bits per heavy atom. The highest BCUT2D eigenvalue weighted by atomic mass is 32.1. The highest BCUT2D eigenvalue weighted by Gasteiger charge is 2.12. The zero-order valence-corrected chi connectivity index (χ0v) is 12.8. The number of pyridine rings is 1. The first-order valence-electron chi connectivity index (χ1n) is 6.74. The number of nitrogens with one attached hydrogen (secondary N) is 1. The Labute approximate surface area is 119 Å². The van der Waals surface area contributed by atoms with Crippen LogP contribution in [0, 0.1) is 13.8 Å². The lowest BCUT2D eigenvalue weighted by Crippen LogP contribution is -2.18. The van der Waals surface area contributed by atoms with Gasteiger partial charge in [-0.3, -0.25) is 4.98 Å². The molecule has 0 aliphatic carbocycles. The first-order chi connectivity index (χ1) is 9.11. The fourth-order valence-electron chi connectivity index (χ4n) is 2.00. The highest BCUT2D eigenvalue weighted by molar-refractivity contribution is 7.15. The molecular weight excluding hydrogens is 254 g/mol. The van der Waals surface area contributed by atoms with Crippen LogP contribution in [0.2, 0.25) is 0 Å². The van der Waals surface area contributed by atoms with Gasteiger partial charge in [0.05, 0.1) is 0 Å². The molecular formula is C15H21N3S. The largest absolute Gasteiger partial charge is 0.309 e. The van der Waals surface area contributed by atoms with Crippen molar-refractivity contribution in [3.8, 4) is 10.7 Å². The minimum atomic E-state index is 0.358. The molecule has 19 heavy (non-hydrogen) atoms. The van der Waals surface area contributed by atoms with Crippen LogP contribution in [0.15, 0.2) is 18.5 Å². The van der Waals surface area contributed by atoms with Crippen LogP contribution in [0.3, 0.4) is 0 Å². The molecule has 1 atom stereocenters. The van der Waals surface area contributed by atoms with E-state index in [0.29, 0.717) is 6.04 Å². The van der Waals surface area contributed by atoms with Gasteiger partial charge in [0, 0.05) is 23.3 Å². The standard InChI is InChI=1S/C15H21N3S/c1-5-6-16-12(4)13-9-18-15(19-13)14-11(3)7-10(2)8-17-14/h7-9,12,16H,5-6H2,1-4H3. The van der Waals surface area contributed by atoms with E-state index < -0.39 is 0 Å². The van der Waals surface area contributed by atoms with E-state index >= 15 is 0 Å². The minimum absolute atomic E-state index is 0.358. The predicted octanol–water partition coefficient (Wildman–Crippen LogP) is 3.88. The monoisotopic (exact) mass is 275 g/mol. The van der Waals surface area contributed by atoms with Crippen LogP contribution in [0.25, 0.3) is 10.7 Å². The molecule has 2 aromatic heterocycles. The maximum Gasteiger partial charge on any atom is 0.142 e. The molecule has 102 valence electrons. The van der Waals surface area contributed by atoms with Crippen LogP contribution >= 0.6 is 11.3 Å². The van der Waals surface area contributed by atoms with Crippen molar-refractivity contribution >= 4 is 11.3 Å². The average Bonchev–Trinajstić information content (AvgIpc) is 2.85. The smallest absolute Gasteiger partial charge is 0.142 e. The van der Waals surface area contributed by atoms with Crippen LogP contribution < -0.4 is 5.32 Å². The van der Waals surface area contributed by atoms with Crippen molar-refractivity contribution in [3.63, 3.8) is 0 Å². The molecule has 0 fully saturated rings. The summed E-state index contributed by atoms with van der Waals surface area (Å²) in [6, 6.07) is 2.51. The molecule has 0 bridgehead atoms. The molecule has 0 aliphatic heterocycles. The summed E-state index contributed by atoms with van der Waals surface area (Å²) in [5.41, 5.74) is 3.38. The lowest BCUT2D eigenvalue weighted by molar-refractivity contribution is 0.577. The second-order valence-electron chi connectivity index (χ2n) is 4.92. The zero-order chi connectivity index (χ0) is 13.8. The summed E-state index contributed by atoms with van der Waals surface area (Å²) in [6.07, 6.45) is 5.02. The van der Waals surface area contributed by atoms with Gasteiger partial charge in [-0.05, 0) is 44.9 Å². The number of hydrogen-bond donors (Lipinski definition) is 1. The molecule has 1 unspecified atom stereocenters. The Balaban J connectivity index is 2.20. The van der Waals surface area contributed by atoms with Gasteiger partial charge in [0.1, 0.15) is 10.7 Å². The van der Waals surface area contributed by atoms with E-state index in [2.05, 4.69) is 49.0 Å². The van der Waals surface area contributed by atoms with Gasteiger partial charge in [0.15, 0.2) is 0 Å². The van der Waals surface area contributed by atoms with Gasteiger partial charge in [0.2, 0.25) is 0 Å². The summed E-state index contributed by atoms with van der Waals surface area (Å²) in [5, 5.41) is 4.50. The van der Waals surface area contributed by atoms with Crippen LogP contribution in [0.1, 0.15) is 42.3 Å². The second-order valence-corrected chi connectivity index (χ2v) is 5.98. The fourth-order valence-corrected chi connectivity index (χ4v) is 3.00.